The lowest BCUT2D eigenvalue weighted by atomic mass is 10.3. The summed E-state index contributed by atoms with van der Waals surface area (Å²) in [5, 5.41) is 20.5. The summed E-state index contributed by atoms with van der Waals surface area (Å²) in [6.45, 7) is 0. The van der Waals surface area contributed by atoms with Gasteiger partial charge in [0.1, 0.15) is 17.2 Å². The Kier molecular flexibility index (Phi) is 1.89. The summed E-state index contributed by atoms with van der Waals surface area (Å²) in [5.74, 6) is 0.296. The van der Waals surface area contributed by atoms with Gasteiger partial charge >= 0.3 is 5.82 Å². The molecule has 2 rings (SSSR count). The molecule has 0 saturated heterocycles. The van der Waals surface area contributed by atoms with Gasteiger partial charge in [-0.2, -0.15) is 5.10 Å². The van der Waals surface area contributed by atoms with E-state index in [1.165, 1.54) is 10.7 Å². The maximum absolute atomic E-state index is 10.4. The summed E-state index contributed by atoms with van der Waals surface area (Å²) in [6, 6.07) is 2.90. The minimum atomic E-state index is -0.553. The summed E-state index contributed by atoms with van der Waals surface area (Å²) in [6.07, 6.45) is 0. The topological polar surface area (TPSA) is 116 Å². The van der Waals surface area contributed by atoms with Crippen LogP contribution in [0.25, 0.3) is 11.4 Å². The van der Waals surface area contributed by atoms with Crippen molar-refractivity contribution in [1.82, 2.24) is 20.0 Å². The van der Waals surface area contributed by atoms with Crippen LogP contribution in [0.3, 0.4) is 0 Å². The third-order valence-electron chi connectivity index (χ3n) is 1.94. The highest BCUT2D eigenvalue weighted by molar-refractivity contribution is 5.59. The Hall–Kier alpha value is -2.38. The second-order valence-electron chi connectivity index (χ2n) is 2.97. The third kappa shape index (κ3) is 1.52. The van der Waals surface area contributed by atoms with Gasteiger partial charge in [-0.1, -0.05) is 5.10 Å². The molecule has 8 heteroatoms. The Bertz CT molecular complexity index is 494. The summed E-state index contributed by atoms with van der Waals surface area (Å²) >= 11 is 0. The maximum Gasteiger partial charge on any atom is 0.343 e. The number of anilines is 1. The molecule has 0 unspecified atom stereocenters. The van der Waals surface area contributed by atoms with Gasteiger partial charge in [0.25, 0.3) is 0 Å². The zero-order valence-corrected chi connectivity index (χ0v) is 7.84. The number of hydrogen-bond donors (Lipinski definition) is 2. The fourth-order valence-electron chi connectivity index (χ4n) is 1.14. The summed E-state index contributed by atoms with van der Waals surface area (Å²) in [5.41, 5.74) is 6.47. The summed E-state index contributed by atoms with van der Waals surface area (Å²) in [4.78, 5) is 9.85. The van der Waals surface area contributed by atoms with Gasteiger partial charge in [-0.3, -0.25) is 4.68 Å². The van der Waals surface area contributed by atoms with E-state index in [1.54, 1.807) is 13.1 Å². The number of hydrogen-bond acceptors (Lipinski definition) is 5. The molecule has 78 valence electrons. The largest absolute Gasteiger partial charge is 0.384 e. The molecular weight excluding hydrogens is 200 g/mol. The first-order chi connectivity index (χ1) is 7.08. The standard InChI is InChI=1S/C7H8N6O2/c1-12-6(8)2-5(11-12)4-3-7(10-9-4)13(14)15/h2-3H,8H2,1H3,(H,9,10). The number of aromatic nitrogens is 4. The molecule has 0 spiro atoms. The lowest BCUT2D eigenvalue weighted by Crippen LogP contribution is -1.96. The van der Waals surface area contributed by atoms with Gasteiger partial charge in [0.2, 0.25) is 0 Å². The van der Waals surface area contributed by atoms with Crippen molar-refractivity contribution in [1.29, 1.82) is 0 Å². The first-order valence-electron chi connectivity index (χ1n) is 4.07. The molecule has 15 heavy (non-hydrogen) atoms. The average Bonchev–Trinajstić information content (AvgIpc) is 2.74. The molecule has 0 amide bonds. The van der Waals surface area contributed by atoms with E-state index in [-0.39, 0.29) is 5.82 Å². The first-order valence-corrected chi connectivity index (χ1v) is 4.07. The summed E-state index contributed by atoms with van der Waals surface area (Å²) < 4.78 is 1.47. The molecule has 0 atom stereocenters. The predicted molar refractivity (Wildman–Crippen MR) is 51.9 cm³/mol. The lowest BCUT2D eigenvalue weighted by Gasteiger charge is -1.88. The van der Waals surface area contributed by atoms with Crippen molar-refractivity contribution in [2.45, 2.75) is 0 Å². The van der Waals surface area contributed by atoms with E-state index in [0.29, 0.717) is 17.2 Å². The van der Waals surface area contributed by atoms with Crippen molar-refractivity contribution in [3.05, 3.63) is 22.2 Å². The predicted octanol–water partition coefficient (Wildman–Crippen LogP) is 0.301. The third-order valence-corrected chi connectivity index (χ3v) is 1.94. The number of nitrogens with two attached hydrogens (primary N) is 1. The Balaban J connectivity index is 2.41. The Morgan fingerprint density at radius 1 is 1.53 bits per heavy atom. The number of H-pyrrole nitrogens is 1. The Labute approximate surface area is 83.9 Å². The van der Waals surface area contributed by atoms with Gasteiger partial charge < -0.3 is 15.8 Å². The maximum atomic E-state index is 10.4. The number of nitrogen functional groups attached to an aromatic ring is 1. The molecule has 0 aromatic carbocycles. The van der Waals surface area contributed by atoms with E-state index in [2.05, 4.69) is 15.3 Å². The Morgan fingerprint density at radius 3 is 2.73 bits per heavy atom. The van der Waals surface area contributed by atoms with Crippen molar-refractivity contribution in [3.63, 3.8) is 0 Å². The van der Waals surface area contributed by atoms with Crippen LogP contribution in [0.1, 0.15) is 0 Å². The monoisotopic (exact) mass is 208 g/mol. The lowest BCUT2D eigenvalue weighted by molar-refractivity contribution is -0.389. The Morgan fingerprint density at radius 2 is 2.27 bits per heavy atom. The SMILES string of the molecule is Cn1nc(-c2cc([N+](=O)[O-])[nH]n2)cc1N. The normalized spacial score (nSPS) is 10.5. The average molecular weight is 208 g/mol. The highest BCUT2D eigenvalue weighted by Crippen LogP contribution is 2.20. The van der Waals surface area contributed by atoms with Crippen LogP contribution in [0.4, 0.5) is 11.6 Å². The van der Waals surface area contributed by atoms with E-state index in [4.69, 9.17) is 5.73 Å². The van der Waals surface area contributed by atoms with Crippen LogP contribution in [0.5, 0.6) is 0 Å². The van der Waals surface area contributed by atoms with Crippen LogP contribution in [-0.2, 0) is 7.05 Å². The minimum Gasteiger partial charge on any atom is -0.384 e. The van der Waals surface area contributed by atoms with Crippen molar-refractivity contribution in [3.8, 4) is 11.4 Å². The molecule has 0 aliphatic rings. The van der Waals surface area contributed by atoms with Gasteiger partial charge in [-0.05, 0) is 4.92 Å². The number of nitrogens with one attached hydrogen (secondary N) is 1. The molecule has 0 radical (unpaired) electrons. The molecule has 0 aliphatic heterocycles. The van der Waals surface area contributed by atoms with Crippen molar-refractivity contribution in [2.75, 3.05) is 5.73 Å². The fourth-order valence-corrected chi connectivity index (χ4v) is 1.14. The molecule has 2 aromatic heterocycles. The smallest absolute Gasteiger partial charge is 0.343 e. The van der Waals surface area contributed by atoms with Gasteiger partial charge in [0.15, 0.2) is 0 Å². The van der Waals surface area contributed by atoms with Crippen LogP contribution in [0.2, 0.25) is 0 Å². The van der Waals surface area contributed by atoms with Crippen LogP contribution >= 0.6 is 0 Å². The summed E-state index contributed by atoms with van der Waals surface area (Å²) in [7, 11) is 1.68. The zero-order valence-electron chi connectivity index (χ0n) is 7.84. The van der Waals surface area contributed by atoms with Crippen LogP contribution in [-0.4, -0.2) is 24.9 Å². The van der Waals surface area contributed by atoms with E-state index in [1.807, 2.05) is 0 Å². The molecule has 3 N–H and O–H groups in total. The quantitative estimate of drug-likeness (QED) is 0.543. The van der Waals surface area contributed by atoms with Crippen LogP contribution in [0.15, 0.2) is 12.1 Å². The van der Waals surface area contributed by atoms with Gasteiger partial charge in [-0.25, -0.2) is 0 Å². The highest BCUT2D eigenvalue weighted by Gasteiger charge is 2.14. The van der Waals surface area contributed by atoms with E-state index >= 15 is 0 Å². The van der Waals surface area contributed by atoms with E-state index < -0.39 is 4.92 Å². The first kappa shape index (κ1) is 9.19. The molecule has 2 heterocycles. The molecular formula is C7H8N6O2. The zero-order chi connectivity index (χ0) is 11.0. The van der Waals surface area contributed by atoms with Crippen LogP contribution in [0, 0.1) is 10.1 Å². The minimum absolute atomic E-state index is 0.172. The van der Waals surface area contributed by atoms with Gasteiger partial charge in [0.05, 0.1) is 6.07 Å². The van der Waals surface area contributed by atoms with Crippen LogP contribution < -0.4 is 5.73 Å². The van der Waals surface area contributed by atoms with Crippen molar-refractivity contribution in [2.24, 2.45) is 7.05 Å². The molecule has 0 aliphatic carbocycles. The van der Waals surface area contributed by atoms with Crippen molar-refractivity contribution >= 4 is 11.6 Å². The number of nitrogens with zero attached hydrogens (tertiary/aromatic N) is 4. The molecule has 8 nitrogen and oxygen atoms in total. The number of nitro groups is 1. The molecule has 0 saturated carbocycles. The van der Waals surface area contributed by atoms with Gasteiger partial charge in [0, 0.05) is 13.1 Å². The van der Waals surface area contributed by atoms with Crippen molar-refractivity contribution < 1.29 is 4.92 Å². The van der Waals surface area contributed by atoms with Gasteiger partial charge in [-0.15, -0.1) is 5.10 Å². The molecule has 0 bridgehead atoms. The second kappa shape index (κ2) is 3.08. The number of aromatic amines is 1. The van der Waals surface area contributed by atoms with E-state index in [9.17, 15) is 10.1 Å². The molecule has 0 fully saturated rings. The highest BCUT2D eigenvalue weighted by atomic mass is 16.6. The van der Waals surface area contributed by atoms with E-state index in [0.717, 1.165) is 0 Å². The molecule has 2 aromatic rings. The second-order valence-corrected chi connectivity index (χ2v) is 2.97. The fraction of sp³-hybridized carbons (Fsp3) is 0.143. The number of rotatable bonds is 2. The number of aryl methyl sites for hydroxylation is 1.